The molecule has 2 aromatic rings. The molecule has 0 aliphatic carbocycles. The lowest BCUT2D eigenvalue weighted by Gasteiger charge is -2.40. The van der Waals surface area contributed by atoms with Gasteiger partial charge in [0.2, 0.25) is 5.91 Å². The van der Waals surface area contributed by atoms with Crippen LogP contribution in [0.3, 0.4) is 0 Å². The molecule has 4 rings (SSSR count). The number of carbonyl (C=O) groups excluding carboxylic acids is 2. The van der Waals surface area contributed by atoms with E-state index in [-0.39, 0.29) is 31.0 Å². The van der Waals surface area contributed by atoms with Crippen LogP contribution in [0.1, 0.15) is 29.5 Å². The van der Waals surface area contributed by atoms with Crippen LogP contribution < -0.4 is 10.2 Å². The summed E-state index contributed by atoms with van der Waals surface area (Å²) >= 11 is 0. The molecule has 2 aliphatic heterocycles. The predicted molar refractivity (Wildman–Crippen MR) is 113 cm³/mol. The van der Waals surface area contributed by atoms with Gasteiger partial charge in [-0.25, -0.2) is 4.79 Å². The van der Waals surface area contributed by atoms with Crippen molar-refractivity contribution in [2.24, 2.45) is 0 Å². The van der Waals surface area contributed by atoms with Gasteiger partial charge in [-0.05, 0) is 38.0 Å². The van der Waals surface area contributed by atoms with Crippen LogP contribution in [0.5, 0.6) is 0 Å². The summed E-state index contributed by atoms with van der Waals surface area (Å²) in [6, 6.07) is 10.8. The molecule has 1 saturated heterocycles. The Kier molecular flexibility index (Phi) is 6.10. The first-order valence-electron chi connectivity index (χ1n) is 10.5. The van der Waals surface area contributed by atoms with Crippen LogP contribution in [0.4, 0.5) is 29.3 Å². The first-order chi connectivity index (χ1) is 15.2. The van der Waals surface area contributed by atoms with Gasteiger partial charge in [0.05, 0.1) is 23.5 Å². The van der Waals surface area contributed by atoms with Crippen LogP contribution in [0, 0.1) is 6.92 Å². The number of amides is 2. The Bertz CT molecular complexity index is 1020. The van der Waals surface area contributed by atoms with Crippen LogP contribution in [-0.4, -0.2) is 42.6 Å². The fraction of sp³-hybridized carbons (Fsp3) is 0.391. The first kappa shape index (κ1) is 22.1. The number of hydrogen-bond donors (Lipinski definition) is 1. The number of cyclic esters (lactones) is 1. The normalized spacial score (nSPS) is 17.6. The van der Waals surface area contributed by atoms with Gasteiger partial charge in [-0.3, -0.25) is 14.6 Å². The van der Waals surface area contributed by atoms with Gasteiger partial charge in [0.15, 0.2) is 0 Å². The van der Waals surface area contributed by atoms with Gasteiger partial charge >= 0.3 is 12.3 Å². The number of anilines is 2. The second-order valence-electron chi connectivity index (χ2n) is 8.16. The molecule has 0 aromatic heterocycles. The first-order valence-corrected chi connectivity index (χ1v) is 10.5. The number of alkyl halides is 3. The Morgan fingerprint density at radius 1 is 1.16 bits per heavy atom. The Hall–Kier alpha value is -3.07. The number of halogens is 3. The van der Waals surface area contributed by atoms with Crippen LogP contribution in [-0.2, 0) is 22.3 Å². The van der Waals surface area contributed by atoms with E-state index in [1.807, 2.05) is 30.0 Å². The van der Waals surface area contributed by atoms with E-state index in [1.165, 1.54) is 18.2 Å². The van der Waals surface area contributed by atoms with Crippen molar-refractivity contribution in [3.63, 3.8) is 0 Å². The summed E-state index contributed by atoms with van der Waals surface area (Å²) < 4.78 is 44.7. The van der Waals surface area contributed by atoms with Crippen molar-refractivity contribution in [2.75, 3.05) is 29.9 Å². The topological polar surface area (TPSA) is 61.9 Å². The molecule has 9 heteroatoms. The highest BCUT2D eigenvalue weighted by Gasteiger charge is 2.35. The highest BCUT2D eigenvalue weighted by atomic mass is 19.4. The van der Waals surface area contributed by atoms with Crippen LogP contribution >= 0.6 is 0 Å². The van der Waals surface area contributed by atoms with Gasteiger partial charge in [0.25, 0.3) is 0 Å². The third-order valence-corrected chi connectivity index (χ3v) is 5.84. The molecule has 0 spiro atoms. The molecular formula is C23H24F3N3O3. The quantitative estimate of drug-likeness (QED) is 0.746. The zero-order chi connectivity index (χ0) is 22.9. The van der Waals surface area contributed by atoms with Gasteiger partial charge in [-0.1, -0.05) is 29.8 Å². The minimum Gasteiger partial charge on any atom is -0.444 e. The molecule has 32 heavy (non-hydrogen) atoms. The molecule has 2 aliphatic rings. The second-order valence-corrected chi connectivity index (χ2v) is 8.16. The number of nitrogens with one attached hydrogen (secondary N) is 1. The third-order valence-electron chi connectivity index (χ3n) is 5.84. The third kappa shape index (κ3) is 4.72. The maximum absolute atomic E-state index is 13.1. The lowest BCUT2D eigenvalue weighted by Crippen LogP contribution is -2.50. The smallest absolute Gasteiger partial charge is 0.418 e. The fourth-order valence-electron chi connectivity index (χ4n) is 4.29. The molecule has 1 fully saturated rings. The van der Waals surface area contributed by atoms with Crippen LogP contribution in [0.2, 0.25) is 0 Å². The number of para-hydroxylation sites is 1. The SMILES string of the molecule is Cc1ccc2c(c1)COC(=O)N2C1CCN(CC(=O)Nc2ccccc2C(F)(F)F)CC1. The van der Waals surface area contributed by atoms with Crippen molar-refractivity contribution >= 4 is 23.4 Å². The summed E-state index contributed by atoms with van der Waals surface area (Å²) in [5.74, 6) is -0.502. The summed E-state index contributed by atoms with van der Waals surface area (Å²) in [6.45, 7) is 3.32. The number of rotatable bonds is 4. The highest BCUT2D eigenvalue weighted by Crippen LogP contribution is 2.35. The van der Waals surface area contributed by atoms with Gasteiger partial charge in [-0.2, -0.15) is 13.2 Å². The maximum Gasteiger partial charge on any atom is 0.418 e. The molecule has 1 N–H and O–H groups in total. The minimum absolute atomic E-state index is 0.0147. The van der Waals surface area contributed by atoms with Gasteiger partial charge < -0.3 is 10.1 Å². The number of likely N-dealkylation sites (tertiary alicyclic amines) is 1. The van der Waals surface area contributed by atoms with E-state index in [2.05, 4.69) is 5.32 Å². The van der Waals surface area contributed by atoms with Crippen molar-refractivity contribution < 1.29 is 27.5 Å². The number of hydrogen-bond acceptors (Lipinski definition) is 4. The van der Waals surface area contributed by atoms with Crippen molar-refractivity contribution in [3.8, 4) is 0 Å². The number of fused-ring (bicyclic) bond motifs is 1. The molecule has 0 radical (unpaired) electrons. The van der Waals surface area contributed by atoms with Gasteiger partial charge in [-0.15, -0.1) is 0 Å². The predicted octanol–water partition coefficient (Wildman–Crippen LogP) is 4.57. The Morgan fingerprint density at radius 3 is 2.59 bits per heavy atom. The number of nitrogens with zero attached hydrogens (tertiary/aromatic N) is 2. The molecule has 0 atom stereocenters. The van der Waals surface area contributed by atoms with Gasteiger partial charge in [0, 0.05) is 24.7 Å². The molecule has 0 unspecified atom stereocenters. The second kappa shape index (κ2) is 8.82. The largest absolute Gasteiger partial charge is 0.444 e. The van der Waals surface area contributed by atoms with E-state index < -0.39 is 17.6 Å². The highest BCUT2D eigenvalue weighted by molar-refractivity contribution is 5.93. The minimum atomic E-state index is -4.54. The average Bonchev–Trinajstić information content (AvgIpc) is 2.74. The number of carbonyl (C=O) groups is 2. The van der Waals surface area contributed by atoms with Crippen molar-refractivity contribution in [1.29, 1.82) is 0 Å². The molecular weight excluding hydrogens is 423 g/mol. The summed E-state index contributed by atoms with van der Waals surface area (Å²) in [4.78, 5) is 28.4. The average molecular weight is 447 g/mol. The van der Waals surface area contributed by atoms with E-state index in [0.717, 1.165) is 22.9 Å². The molecule has 6 nitrogen and oxygen atoms in total. The lowest BCUT2D eigenvalue weighted by atomic mass is 10.00. The molecule has 2 aromatic carbocycles. The van der Waals surface area contributed by atoms with E-state index >= 15 is 0 Å². The number of benzene rings is 2. The number of piperidine rings is 1. The monoisotopic (exact) mass is 447 g/mol. The Balaban J connectivity index is 1.36. The Labute approximate surface area is 183 Å². The lowest BCUT2D eigenvalue weighted by molar-refractivity contribution is -0.137. The Morgan fingerprint density at radius 2 is 1.88 bits per heavy atom. The molecule has 2 heterocycles. The van der Waals surface area contributed by atoms with Crippen LogP contribution in [0.25, 0.3) is 0 Å². The van der Waals surface area contributed by atoms with Gasteiger partial charge in [0.1, 0.15) is 6.61 Å². The molecule has 2 amide bonds. The zero-order valence-corrected chi connectivity index (χ0v) is 17.6. The summed E-state index contributed by atoms with van der Waals surface area (Å²) in [7, 11) is 0. The van der Waals surface area contributed by atoms with E-state index in [1.54, 1.807) is 4.90 Å². The van der Waals surface area contributed by atoms with Crippen molar-refractivity contribution in [3.05, 3.63) is 59.2 Å². The van der Waals surface area contributed by atoms with Crippen LogP contribution in [0.15, 0.2) is 42.5 Å². The summed E-state index contributed by atoms with van der Waals surface area (Å²) in [5, 5.41) is 2.38. The fourth-order valence-corrected chi connectivity index (χ4v) is 4.29. The molecule has 170 valence electrons. The van der Waals surface area contributed by atoms with Crippen molar-refractivity contribution in [1.82, 2.24) is 4.90 Å². The van der Waals surface area contributed by atoms with E-state index in [9.17, 15) is 22.8 Å². The van der Waals surface area contributed by atoms with E-state index in [4.69, 9.17) is 4.74 Å². The van der Waals surface area contributed by atoms with E-state index in [0.29, 0.717) is 25.9 Å². The zero-order valence-electron chi connectivity index (χ0n) is 17.6. The summed E-state index contributed by atoms with van der Waals surface area (Å²) in [6.07, 6.45) is -3.65. The molecule has 0 saturated carbocycles. The van der Waals surface area contributed by atoms with Crippen molar-refractivity contribution in [2.45, 2.75) is 38.6 Å². The molecule has 0 bridgehead atoms. The maximum atomic E-state index is 13.1. The number of ether oxygens (including phenoxy) is 1. The standard InChI is InChI=1S/C23H24F3N3O3/c1-15-6-7-20-16(12-15)14-32-22(31)29(20)17-8-10-28(11-9-17)13-21(30)27-19-5-3-2-4-18(19)23(24,25)26/h2-7,12,17H,8-11,13-14H2,1H3,(H,27,30). The summed E-state index contributed by atoms with van der Waals surface area (Å²) in [5.41, 5.74) is 1.79. The number of aryl methyl sites for hydroxylation is 1.